The highest BCUT2D eigenvalue weighted by Crippen LogP contribution is 2.24. The lowest BCUT2D eigenvalue weighted by Crippen LogP contribution is -2.35. The van der Waals surface area contributed by atoms with Gasteiger partial charge >= 0.3 is 5.97 Å². The molecule has 0 aliphatic heterocycles. The number of hydrogen-bond donors (Lipinski definition) is 2. The number of rotatable bonds is 5. The first-order valence-corrected chi connectivity index (χ1v) is 6.98. The SMILES string of the molecule is Cc1cnc(N[C@H](C(=O)O)C(C)C)nc1-c1ccccc1F. The molecule has 0 saturated carbocycles. The van der Waals surface area contributed by atoms with Crippen molar-refractivity contribution in [2.75, 3.05) is 5.32 Å². The van der Waals surface area contributed by atoms with Crippen LogP contribution in [-0.2, 0) is 4.79 Å². The summed E-state index contributed by atoms with van der Waals surface area (Å²) < 4.78 is 13.9. The molecular weight excluding hydrogens is 285 g/mol. The van der Waals surface area contributed by atoms with E-state index in [0.29, 0.717) is 16.8 Å². The van der Waals surface area contributed by atoms with Crippen molar-refractivity contribution in [2.24, 2.45) is 5.92 Å². The van der Waals surface area contributed by atoms with E-state index in [0.717, 1.165) is 0 Å². The molecule has 0 saturated heterocycles. The molecule has 1 aromatic carbocycles. The molecule has 116 valence electrons. The van der Waals surface area contributed by atoms with Crippen molar-refractivity contribution in [3.63, 3.8) is 0 Å². The maximum Gasteiger partial charge on any atom is 0.326 e. The van der Waals surface area contributed by atoms with Crippen LogP contribution in [-0.4, -0.2) is 27.1 Å². The van der Waals surface area contributed by atoms with Gasteiger partial charge in [0.1, 0.15) is 11.9 Å². The summed E-state index contributed by atoms with van der Waals surface area (Å²) in [5, 5.41) is 12.0. The highest BCUT2D eigenvalue weighted by atomic mass is 19.1. The summed E-state index contributed by atoms with van der Waals surface area (Å²) in [5.74, 6) is -1.33. The zero-order chi connectivity index (χ0) is 16.3. The number of halogens is 1. The van der Waals surface area contributed by atoms with Crippen LogP contribution in [0.25, 0.3) is 11.3 Å². The molecule has 2 rings (SSSR count). The van der Waals surface area contributed by atoms with Gasteiger partial charge in [-0.1, -0.05) is 26.0 Å². The average molecular weight is 303 g/mol. The fraction of sp³-hybridized carbons (Fsp3) is 0.312. The second-order valence-electron chi connectivity index (χ2n) is 5.41. The van der Waals surface area contributed by atoms with Crippen LogP contribution in [0.4, 0.5) is 10.3 Å². The summed E-state index contributed by atoms with van der Waals surface area (Å²) in [7, 11) is 0. The Morgan fingerprint density at radius 2 is 2.00 bits per heavy atom. The number of hydrogen-bond acceptors (Lipinski definition) is 4. The van der Waals surface area contributed by atoms with E-state index in [9.17, 15) is 14.3 Å². The number of carboxylic acids is 1. The van der Waals surface area contributed by atoms with E-state index in [-0.39, 0.29) is 17.7 Å². The third kappa shape index (κ3) is 3.39. The van der Waals surface area contributed by atoms with Crippen LogP contribution in [0.3, 0.4) is 0 Å². The number of anilines is 1. The number of carbonyl (C=O) groups is 1. The predicted octanol–water partition coefficient (Wildman–Crippen LogP) is 3.11. The maximum absolute atomic E-state index is 13.9. The molecule has 2 aromatic rings. The van der Waals surface area contributed by atoms with E-state index >= 15 is 0 Å². The lowest BCUT2D eigenvalue weighted by molar-refractivity contribution is -0.138. The first-order chi connectivity index (χ1) is 10.4. The molecule has 22 heavy (non-hydrogen) atoms. The predicted molar refractivity (Wildman–Crippen MR) is 82.0 cm³/mol. The van der Waals surface area contributed by atoms with E-state index in [4.69, 9.17) is 0 Å². The van der Waals surface area contributed by atoms with Crippen molar-refractivity contribution in [3.05, 3.63) is 41.8 Å². The van der Waals surface area contributed by atoms with Crippen molar-refractivity contribution in [1.82, 2.24) is 9.97 Å². The summed E-state index contributed by atoms with van der Waals surface area (Å²) in [6.45, 7) is 5.36. The topological polar surface area (TPSA) is 75.1 Å². The molecule has 5 nitrogen and oxygen atoms in total. The van der Waals surface area contributed by atoms with Crippen LogP contribution in [0, 0.1) is 18.7 Å². The van der Waals surface area contributed by atoms with Crippen molar-refractivity contribution >= 4 is 11.9 Å². The second-order valence-corrected chi connectivity index (χ2v) is 5.41. The summed E-state index contributed by atoms with van der Waals surface area (Å²) in [6, 6.07) is 5.51. The van der Waals surface area contributed by atoms with Gasteiger partial charge in [-0.15, -0.1) is 0 Å². The normalized spacial score (nSPS) is 12.2. The molecule has 1 heterocycles. The van der Waals surface area contributed by atoms with Gasteiger partial charge < -0.3 is 10.4 Å². The quantitative estimate of drug-likeness (QED) is 0.887. The summed E-state index contributed by atoms with van der Waals surface area (Å²) in [4.78, 5) is 19.6. The van der Waals surface area contributed by atoms with Crippen LogP contribution >= 0.6 is 0 Å². The minimum absolute atomic E-state index is 0.140. The zero-order valence-electron chi connectivity index (χ0n) is 12.7. The molecular formula is C16H18FN3O2. The van der Waals surface area contributed by atoms with E-state index in [1.807, 2.05) is 0 Å². The van der Waals surface area contributed by atoms with Gasteiger partial charge in [-0.3, -0.25) is 0 Å². The van der Waals surface area contributed by atoms with Gasteiger partial charge in [0.15, 0.2) is 0 Å². The number of aliphatic carboxylic acids is 1. The van der Waals surface area contributed by atoms with Crippen molar-refractivity contribution in [1.29, 1.82) is 0 Å². The van der Waals surface area contributed by atoms with Crippen LogP contribution in [0.2, 0.25) is 0 Å². The van der Waals surface area contributed by atoms with Crippen molar-refractivity contribution < 1.29 is 14.3 Å². The van der Waals surface area contributed by atoms with Gasteiger partial charge in [-0.05, 0) is 30.5 Å². The molecule has 1 atom stereocenters. The number of benzene rings is 1. The standard InChI is InChI=1S/C16H18FN3O2/c1-9(2)13(15(21)22)19-16-18-8-10(3)14(20-16)11-6-4-5-7-12(11)17/h4-9,13H,1-3H3,(H,21,22)(H,18,19,20)/t13-/m0/s1. The van der Waals surface area contributed by atoms with Crippen molar-refractivity contribution in [2.45, 2.75) is 26.8 Å². The van der Waals surface area contributed by atoms with Gasteiger partial charge in [-0.2, -0.15) is 0 Å². The number of nitrogens with zero attached hydrogens (tertiary/aromatic N) is 2. The fourth-order valence-electron chi connectivity index (χ4n) is 2.09. The van der Waals surface area contributed by atoms with Crippen LogP contribution in [0.5, 0.6) is 0 Å². The smallest absolute Gasteiger partial charge is 0.326 e. The Kier molecular flexibility index (Phi) is 4.70. The Morgan fingerprint density at radius 1 is 1.32 bits per heavy atom. The molecule has 0 unspecified atom stereocenters. The summed E-state index contributed by atoms with van der Waals surface area (Å²) in [5.41, 5.74) is 1.53. The summed E-state index contributed by atoms with van der Waals surface area (Å²) in [6.07, 6.45) is 1.55. The largest absolute Gasteiger partial charge is 0.480 e. The van der Waals surface area contributed by atoms with Crippen LogP contribution < -0.4 is 5.32 Å². The van der Waals surface area contributed by atoms with Gasteiger partial charge in [0, 0.05) is 11.8 Å². The molecule has 0 aliphatic carbocycles. The minimum atomic E-state index is -0.980. The van der Waals surface area contributed by atoms with Crippen LogP contribution in [0.15, 0.2) is 30.5 Å². The van der Waals surface area contributed by atoms with E-state index in [1.54, 1.807) is 45.2 Å². The van der Waals surface area contributed by atoms with E-state index < -0.39 is 12.0 Å². The Labute approximate surface area is 128 Å². The minimum Gasteiger partial charge on any atom is -0.480 e. The number of aromatic nitrogens is 2. The highest BCUT2D eigenvalue weighted by molar-refractivity contribution is 5.77. The van der Waals surface area contributed by atoms with Crippen LogP contribution in [0.1, 0.15) is 19.4 Å². The van der Waals surface area contributed by atoms with Gasteiger partial charge in [0.2, 0.25) is 5.95 Å². The maximum atomic E-state index is 13.9. The molecule has 0 aliphatic rings. The first-order valence-electron chi connectivity index (χ1n) is 6.98. The average Bonchev–Trinajstić information content (AvgIpc) is 2.46. The molecule has 2 N–H and O–H groups in total. The molecule has 0 bridgehead atoms. The molecule has 1 aromatic heterocycles. The lowest BCUT2D eigenvalue weighted by atomic mass is 10.1. The molecule has 0 radical (unpaired) electrons. The third-order valence-electron chi connectivity index (χ3n) is 3.32. The molecule has 0 amide bonds. The molecule has 0 fully saturated rings. The zero-order valence-corrected chi connectivity index (χ0v) is 12.7. The second kappa shape index (κ2) is 6.51. The Morgan fingerprint density at radius 3 is 2.59 bits per heavy atom. The molecule has 6 heteroatoms. The van der Waals surface area contributed by atoms with E-state index in [1.165, 1.54) is 6.07 Å². The van der Waals surface area contributed by atoms with Gasteiger partial charge in [0.05, 0.1) is 5.69 Å². The fourth-order valence-corrected chi connectivity index (χ4v) is 2.09. The van der Waals surface area contributed by atoms with E-state index in [2.05, 4.69) is 15.3 Å². The number of aryl methyl sites for hydroxylation is 1. The highest BCUT2D eigenvalue weighted by Gasteiger charge is 2.22. The first kappa shape index (κ1) is 15.9. The van der Waals surface area contributed by atoms with Crippen molar-refractivity contribution in [3.8, 4) is 11.3 Å². The monoisotopic (exact) mass is 303 g/mol. The molecule has 0 spiro atoms. The van der Waals surface area contributed by atoms with Gasteiger partial charge in [0.25, 0.3) is 0 Å². The Bertz CT molecular complexity index is 689. The third-order valence-corrected chi connectivity index (χ3v) is 3.32. The Balaban J connectivity index is 2.39. The Hall–Kier alpha value is -2.50. The number of nitrogens with one attached hydrogen (secondary N) is 1. The van der Waals surface area contributed by atoms with Gasteiger partial charge in [-0.25, -0.2) is 19.2 Å². The summed E-state index contributed by atoms with van der Waals surface area (Å²) >= 11 is 0. The lowest BCUT2D eigenvalue weighted by Gasteiger charge is -2.18. The number of carboxylic acid groups (broad SMARTS) is 1.